The van der Waals surface area contributed by atoms with Crippen molar-refractivity contribution in [1.82, 2.24) is 0 Å². The first kappa shape index (κ1) is 14.9. The highest BCUT2D eigenvalue weighted by Crippen LogP contribution is 2.58. The van der Waals surface area contributed by atoms with Crippen LogP contribution in [0.25, 0.3) is 0 Å². The highest BCUT2D eigenvalue weighted by molar-refractivity contribution is 5.85. The largest absolute Gasteiger partial charge is 0.397 e. The molecule has 0 spiro atoms. The third kappa shape index (κ3) is 2.19. The van der Waals surface area contributed by atoms with Crippen LogP contribution in [0.3, 0.4) is 0 Å². The van der Waals surface area contributed by atoms with Crippen molar-refractivity contribution < 1.29 is 18.0 Å². The predicted molar refractivity (Wildman–Crippen MR) is 70.2 cm³/mol. The highest BCUT2D eigenvalue weighted by Gasteiger charge is 2.55. The Kier molecular flexibility index (Phi) is 3.15. The quantitative estimate of drug-likeness (QED) is 0.907. The summed E-state index contributed by atoms with van der Waals surface area (Å²) < 4.78 is 38.9. The maximum Gasteiger partial charge on any atom is 0.397 e. The zero-order valence-corrected chi connectivity index (χ0v) is 11.7. The van der Waals surface area contributed by atoms with Gasteiger partial charge in [0.15, 0.2) is 0 Å². The van der Waals surface area contributed by atoms with Gasteiger partial charge in [0.05, 0.1) is 10.8 Å². The average molecular weight is 285 g/mol. The van der Waals surface area contributed by atoms with Crippen molar-refractivity contribution in [1.29, 1.82) is 0 Å². The molecule has 1 saturated carbocycles. The summed E-state index contributed by atoms with van der Waals surface area (Å²) >= 11 is 0. The lowest BCUT2D eigenvalue weighted by molar-refractivity contribution is -0.180. The van der Waals surface area contributed by atoms with Crippen molar-refractivity contribution in [3.8, 4) is 0 Å². The number of primary amides is 1. The number of nitrogens with two attached hydrogens (primary N) is 1. The molecule has 2 unspecified atom stereocenters. The number of hydrogen-bond acceptors (Lipinski definition) is 1. The Morgan fingerprint density at radius 3 is 2.10 bits per heavy atom. The molecule has 1 aliphatic rings. The number of alkyl halides is 3. The van der Waals surface area contributed by atoms with Crippen molar-refractivity contribution in [2.75, 3.05) is 0 Å². The van der Waals surface area contributed by atoms with Crippen molar-refractivity contribution in [3.05, 3.63) is 35.4 Å². The van der Waals surface area contributed by atoms with E-state index in [1.165, 1.54) is 12.1 Å². The summed E-state index contributed by atoms with van der Waals surface area (Å²) in [5, 5.41) is 0. The molecule has 1 aromatic rings. The van der Waals surface area contributed by atoms with Crippen LogP contribution in [-0.2, 0) is 10.2 Å². The summed E-state index contributed by atoms with van der Waals surface area (Å²) in [5.41, 5.74) is 3.97. The molecule has 2 rings (SSSR count). The summed E-state index contributed by atoms with van der Waals surface area (Å²) in [7, 11) is 0. The number of amides is 1. The fourth-order valence-corrected chi connectivity index (χ4v) is 2.42. The minimum absolute atomic E-state index is 0.0167. The van der Waals surface area contributed by atoms with Crippen LogP contribution >= 0.6 is 0 Å². The van der Waals surface area contributed by atoms with Crippen LogP contribution in [0.1, 0.15) is 44.2 Å². The van der Waals surface area contributed by atoms with Gasteiger partial charge in [0, 0.05) is 0 Å². The Hall–Kier alpha value is -1.52. The Morgan fingerprint density at radius 1 is 1.25 bits per heavy atom. The molecule has 1 amide bonds. The third-order valence-corrected chi connectivity index (χ3v) is 4.54. The van der Waals surface area contributed by atoms with Gasteiger partial charge in [0.1, 0.15) is 0 Å². The van der Waals surface area contributed by atoms with E-state index < -0.39 is 17.0 Å². The maximum absolute atomic E-state index is 13.0. The zero-order chi connectivity index (χ0) is 15.3. The smallest absolute Gasteiger partial charge is 0.369 e. The third-order valence-electron chi connectivity index (χ3n) is 4.54. The summed E-state index contributed by atoms with van der Waals surface area (Å²) in [6, 6.07) is 6.31. The van der Waals surface area contributed by atoms with Crippen LogP contribution in [-0.4, -0.2) is 12.1 Å². The fourth-order valence-electron chi connectivity index (χ4n) is 2.42. The molecule has 0 radical (unpaired) electrons. The second-order valence-electron chi connectivity index (χ2n) is 6.28. The first-order chi connectivity index (χ1) is 9.00. The summed E-state index contributed by atoms with van der Waals surface area (Å²) in [5.74, 6) is -0.342. The molecule has 0 heterocycles. The van der Waals surface area contributed by atoms with Crippen LogP contribution in [0, 0.1) is 5.41 Å². The molecule has 1 fully saturated rings. The first-order valence-corrected chi connectivity index (χ1v) is 6.47. The Labute approximate surface area is 116 Å². The summed E-state index contributed by atoms with van der Waals surface area (Å²) in [6.07, 6.45) is -3.64. The predicted octanol–water partition coefficient (Wildman–Crippen LogP) is 3.51. The second-order valence-corrected chi connectivity index (χ2v) is 6.28. The van der Waals surface area contributed by atoms with Gasteiger partial charge in [0.2, 0.25) is 5.91 Å². The van der Waals surface area contributed by atoms with Gasteiger partial charge in [-0.15, -0.1) is 0 Å². The molecule has 0 aliphatic heterocycles. The van der Waals surface area contributed by atoms with Gasteiger partial charge in [-0.25, -0.2) is 0 Å². The van der Waals surface area contributed by atoms with Gasteiger partial charge in [-0.1, -0.05) is 31.2 Å². The minimum atomic E-state index is -4.30. The Bertz CT molecular complexity index is 533. The SMILES string of the molecule is CC1(C(N)=O)CC1c1ccc(C(C)(C)C(F)(F)F)cc1. The van der Waals surface area contributed by atoms with E-state index in [9.17, 15) is 18.0 Å². The topological polar surface area (TPSA) is 43.1 Å². The molecule has 2 nitrogen and oxygen atoms in total. The van der Waals surface area contributed by atoms with Crippen LogP contribution in [0.15, 0.2) is 24.3 Å². The molecule has 2 N–H and O–H groups in total. The average Bonchev–Trinajstić information content (AvgIpc) is 3.02. The Morgan fingerprint density at radius 2 is 1.75 bits per heavy atom. The van der Waals surface area contributed by atoms with E-state index in [4.69, 9.17) is 5.73 Å². The van der Waals surface area contributed by atoms with Crippen molar-refractivity contribution in [3.63, 3.8) is 0 Å². The van der Waals surface area contributed by atoms with Crippen molar-refractivity contribution >= 4 is 5.91 Å². The van der Waals surface area contributed by atoms with Crippen LogP contribution < -0.4 is 5.73 Å². The standard InChI is InChI=1S/C15H18F3NO/c1-13(2,15(16,17)18)10-6-4-9(5-7-10)11-8-14(11,3)12(19)20/h4-7,11H,8H2,1-3H3,(H2,19,20). The number of benzene rings is 1. The highest BCUT2D eigenvalue weighted by atomic mass is 19.4. The van der Waals surface area contributed by atoms with Gasteiger partial charge < -0.3 is 5.73 Å². The normalized spacial score (nSPS) is 26.4. The fraction of sp³-hybridized carbons (Fsp3) is 0.533. The number of halogens is 3. The number of hydrogen-bond donors (Lipinski definition) is 1. The molecule has 0 aromatic heterocycles. The summed E-state index contributed by atoms with van der Waals surface area (Å²) in [6.45, 7) is 4.10. The number of carbonyl (C=O) groups excluding carboxylic acids is 1. The lowest BCUT2D eigenvalue weighted by atomic mass is 9.83. The first-order valence-electron chi connectivity index (χ1n) is 6.47. The van der Waals surface area contributed by atoms with E-state index in [2.05, 4.69) is 0 Å². The molecule has 1 aliphatic carbocycles. The molecule has 5 heteroatoms. The minimum Gasteiger partial charge on any atom is -0.369 e. The molecule has 1 aromatic carbocycles. The number of rotatable bonds is 3. The van der Waals surface area contributed by atoms with Crippen LogP contribution in [0.2, 0.25) is 0 Å². The molecule has 20 heavy (non-hydrogen) atoms. The van der Waals surface area contributed by atoms with Crippen LogP contribution in [0.4, 0.5) is 13.2 Å². The lowest BCUT2D eigenvalue weighted by Gasteiger charge is -2.28. The van der Waals surface area contributed by atoms with E-state index in [-0.39, 0.29) is 17.4 Å². The van der Waals surface area contributed by atoms with Crippen LogP contribution in [0.5, 0.6) is 0 Å². The number of carbonyl (C=O) groups is 1. The van der Waals surface area contributed by atoms with Gasteiger partial charge >= 0.3 is 6.18 Å². The molecule has 110 valence electrons. The van der Waals surface area contributed by atoms with Gasteiger partial charge in [0.25, 0.3) is 0 Å². The van der Waals surface area contributed by atoms with E-state index in [1.807, 2.05) is 0 Å². The molecule has 0 bridgehead atoms. The molecule has 2 atom stereocenters. The Balaban J connectivity index is 2.23. The van der Waals surface area contributed by atoms with Gasteiger partial charge in [-0.3, -0.25) is 4.79 Å². The lowest BCUT2D eigenvalue weighted by Crippen LogP contribution is -2.36. The molecular formula is C15H18F3NO. The molecule has 0 saturated heterocycles. The zero-order valence-electron chi connectivity index (χ0n) is 11.7. The second kappa shape index (κ2) is 4.24. The van der Waals surface area contributed by atoms with Gasteiger partial charge in [-0.05, 0) is 37.3 Å². The maximum atomic E-state index is 13.0. The monoisotopic (exact) mass is 285 g/mol. The van der Waals surface area contributed by atoms with Crippen molar-refractivity contribution in [2.24, 2.45) is 11.1 Å². The summed E-state index contributed by atoms with van der Waals surface area (Å²) in [4.78, 5) is 11.3. The van der Waals surface area contributed by atoms with E-state index >= 15 is 0 Å². The van der Waals surface area contributed by atoms with E-state index in [1.54, 1.807) is 19.1 Å². The van der Waals surface area contributed by atoms with E-state index in [0.717, 1.165) is 19.4 Å². The van der Waals surface area contributed by atoms with E-state index in [0.29, 0.717) is 6.42 Å². The van der Waals surface area contributed by atoms with Crippen molar-refractivity contribution in [2.45, 2.75) is 44.7 Å². The van der Waals surface area contributed by atoms with Gasteiger partial charge in [-0.2, -0.15) is 13.2 Å². The molecular weight excluding hydrogens is 267 g/mol.